The maximum absolute atomic E-state index is 10.9. The molecular weight excluding hydrogens is 226 g/mol. The first-order valence-corrected chi connectivity index (χ1v) is 6.05. The summed E-state index contributed by atoms with van der Waals surface area (Å²) in [5.41, 5.74) is 1.05. The molecule has 0 saturated carbocycles. The van der Waals surface area contributed by atoms with Gasteiger partial charge in [-0.2, -0.15) is 0 Å². The van der Waals surface area contributed by atoms with E-state index in [2.05, 4.69) is 0 Å². The molecule has 0 saturated heterocycles. The van der Waals surface area contributed by atoms with Crippen LogP contribution in [-0.2, 0) is 0 Å². The van der Waals surface area contributed by atoms with Crippen LogP contribution in [0.2, 0.25) is 0 Å². The van der Waals surface area contributed by atoms with Crippen molar-refractivity contribution in [2.75, 3.05) is 24.2 Å². The van der Waals surface area contributed by atoms with Crippen LogP contribution in [0.1, 0.15) is 17.3 Å². The van der Waals surface area contributed by atoms with Crippen LogP contribution in [0, 0.1) is 0 Å². The number of carboxylic acids is 1. The van der Waals surface area contributed by atoms with E-state index in [0.717, 1.165) is 5.69 Å². The number of hydrogen-bond acceptors (Lipinski definition) is 4. The van der Waals surface area contributed by atoms with Crippen molar-refractivity contribution >= 4 is 23.6 Å². The van der Waals surface area contributed by atoms with Crippen LogP contribution >= 0.6 is 11.9 Å². The number of carboxylic acid groups (broad SMARTS) is 1. The molecule has 0 heterocycles. The highest BCUT2D eigenvalue weighted by atomic mass is 32.2. The van der Waals surface area contributed by atoms with Gasteiger partial charge in [0, 0.05) is 19.4 Å². The Bertz CT molecular complexity index is 381. The van der Waals surface area contributed by atoms with E-state index in [4.69, 9.17) is 9.84 Å². The molecule has 1 rings (SSSR count). The normalized spacial score (nSPS) is 9.94. The molecular formula is C11H15NO3S. The van der Waals surface area contributed by atoms with Crippen molar-refractivity contribution < 1.29 is 14.6 Å². The summed E-state index contributed by atoms with van der Waals surface area (Å²) in [4.78, 5) is 10.9. The molecule has 0 bridgehead atoms. The summed E-state index contributed by atoms with van der Waals surface area (Å²) in [6.07, 6.45) is 1.92. The number of nitrogens with zero attached hydrogens (tertiary/aromatic N) is 1. The van der Waals surface area contributed by atoms with Crippen molar-refractivity contribution in [2.24, 2.45) is 0 Å². The standard InChI is InChI=1S/C11H15NO3S/c1-4-15-10-6-8(11(13)14)5-9(7-10)12(2)16-3/h5-7H,4H2,1-3H3,(H,13,14). The Morgan fingerprint density at radius 1 is 1.50 bits per heavy atom. The maximum atomic E-state index is 10.9. The molecule has 1 N–H and O–H groups in total. The van der Waals surface area contributed by atoms with Gasteiger partial charge in [0.2, 0.25) is 0 Å². The van der Waals surface area contributed by atoms with E-state index in [-0.39, 0.29) is 5.56 Å². The molecule has 0 aromatic heterocycles. The number of aromatic carboxylic acids is 1. The summed E-state index contributed by atoms with van der Waals surface area (Å²) in [5, 5.41) is 8.98. The van der Waals surface area contributed by atoms with Gasteiger partial charge in [-0.1, -0.05) is 11.9 Å². The summed E-state index contributed by atoms with van der Waals surface area (Å²) in [6, 6.07) is 4.98. The average Bonchev–Trinajstić information content (AvgIpc) is 2.28. The zero-order valence-electron chi connectivity index (χ0n) is 9.56. The first-order chi connectivity index (χ1) is 7.58. The van der Waals surface area contributed by atoms with Crippen molar-refractivity contribution in [1.29, 1.82) is 0 Å². The smallest absolute Gasteiger partial charge is 0.335 e. The number of rotatable bonds is 5. The molecule has 4 nitrogen and oxygen atoms in total. The van der Waals surface area contributed by atoms with Crippen LogP contribution in [0.3, 0.4) is 0 Å². The Labute approximate surface area is 99.3 Å². The predicted molar refractivity (Wildman–Crippen MR) is 66.5 cm³/mol. The molecule has 16 heavy (non-hydrogen) atoms. The van der Waals surface area contributed by atoms with E-state index < -0.39 is 5.97 Å². The van der Waals surface area contributed by atoms with Crippen LogP contribution in [0.25, 0.3) is 0 Å². The molecule has 0 aliphatic carbocycles. The Balaban J connectivity index is 3.13. The second kappa shape index (κ2) is 5.65. The van der Waals surface area contributed by atoms with E-state index in [1.165, 1.54) is 18.0 Å². The fourth-order valence-electron chi connectivity index (χ4n) is 1.24. The third-order valence-electron chi connectivity index (χ3n) is 2.09. The summed E-state index contributed by atoms with van der Waals surface area (Å²) in [5.74, 6) is -0.365. The molecule has 0 amide bonds. The second-order valence-corrected chi connectivity index (χ2v) is 4.05. The van der Waals surface area contributed by atoms with Crippen molar-refractivity contribution in [3.05, 3.63) is 23.8 Å². The van der Waals surface area contributed by atoms with Crippen LogP contribution in [0.15, 0.2) is 18.2 Å². The van der Waals surface area contributed by atoms with Gasteiger partial charge in [0.25, 0.3) is 0 Å². The van der Waals surface area contributed by atoms with E-state index in [1.54, 1.807) is 6.07 Å². The quantitative estimate of drug-likeness (QED) is 0.803. The molecule has 0 radical (unpaired) electrons. The molecule has 1 aromatic rings. The fourth-order valence-corrected chi connectivity index (χ4v) is 1.56. The highest BCUT2D eigenvalue weighted by molar-refractivity contribution is 7.99. The zero-order chi connectivity index (χ0) is 12.1. The van der Waals surface area contributed by atoms with E-state index >= 15 is 0 Å². The first kappa shape index (κ1) is 12.7. The van der Waals surface area contributed by atoms with E-state index in [9.17, 15) is 4.79 Å². The van der Waals surface area contributed by atoms with Crippen molar-refractivity contribution in [3.8, 4) is 5.75 Å². The number of anilines is 1. The summed E-state index contributed by atoms with van der Waals surface area (Å²) in [6.45, 7) is 2.39. The Morgan fingerprint density at radius 2 is 2.19 bits per heavy atom. The van der Waals surface area contributed by atoms with Crippen LogP contribution in [0.5, 0.6) is 5.75 Å². The van der Waals surface area contributed by atoms with Gasteiger partial charge in [0.15, 0.2) is 0 Å². The molecule has 0 atom stereocenters. The van der Waals surface area contributed by atoms with Gasteiger partial charge in [-0.25, -0.2) is 4.79 Å². The van der Waals surface area contributed by atoms with Crippen molar-refractivity contribution in [3.63, 3.8) is 0 Å². The lowest BCUT2D eigenvalue weighted by atomic mass is 10.2. The minimum atomic E-state index is -0.947. The zero-order valence-corrected chi connectivity index (χ0v) is 10.4. The minimum absolute atomic E-state index is 0.238. The van der Waals surface area contributed by atoms with Crippen LogP contribution in [0.4, 0.5) is 5.69 Å². The molecule has 1 aromatic carbocycles. The van der Waals surface area contributed by atoms with Gasteiger partial charge in [-0.15, -0.1) is 0 Å². The molecule has 0 unspecified atom stereocenters. The van der Waals surface area contributed by atoms with Gasteiger partial charge in [0.05, 0.1) is 17.9 Å². The molecule has 0 aliphatic rings. The largest absolute Gasteiger partial charge is 0.494 e. The third kappa shape index (κ3) is 3.06. The van der Waals surface area contributed by atoms with Gasteiger partial charge >= 0.3 is 5.97 Å². The highest BCUT2D eigenvalue weighted by Gasteiger charge is 2.09. The Kier molecular flexibility index (Phi) is 4.49. The summed E-state index contributed by atoms with van der Waals surface area (Å²) in [7, 11) is 1.88. The lowest BCUT2D eigenvalue weighted by molar-refractivity contribution is 0.0696. The van der Waals surface area contributed by atoms with Crippen LogP contribution < -0.4 is 9.04 Å². The van der Waals surface area contributed by atoms with Crippen LogP contribution in [-0.4, -0.2) is 31.0 Å². The molecule has 5 heteroatoms. The molecule has 0 aliphatic heterocycles. The number of hydrogen-bond donors (Lipinski definition) is 1. The second-order valence-electron chi connectivity index (χ2n) is 3.13. The van der Waals surface area contributed by atoms with Gasteiger partial charge < -0.3 is 14.1 Å². The van der Waals surface area contributed by atoms with Gasteiger partial charge in [0.1, 0.15) is 5.75 Å². The van der Waals surface area contributed by atoms with Crippen molar-refractivity contribution in [1.82, 2.24) is 0 Å². The topological polar surface area (TPSA) is 49.8 Å². The highest BCUT2D eigenvalue weighted by Crippen LogP contribution is 2.26. The Hall–Kier alpha value is -1.36. The van der Waals surface area contributed by atoms with Gasteiger partial charge in [-0.3, -0.25) is 0 Å². The van der Waals surface area contributed by atoms with E-state index in [1.807, 2.05) is 30.6 Å². The number of carbonyl (C=O) groups is 1. The lowest BCUT2D eigenvalue weighted by Crippen LogP contribution is -2.07. The third-order valence-corrected chi connectivity index (χ3v) is 2.85. The molecule has 88 valence electrons. The summed E-state index contributed by atoms with van der Waals surface area (Å²) >= 11 is 1.51. The predicted octanol–water partition coefficient (Wildman–Crippen LogP) is 2.50. The average molecular weight is 241 g/mol. The Morgan fingerprint density at radius 3 is 2.69 bits per heavy atom. The first-order valence-electron chi connectivity index (χ1n) is 4.87. The monoisotopic (exact) mass is 241 g/mol. The SMILES string of the molecule is CCOc1cc(C(=O)O)cc(N(C)SC)c1. The number of ether oxygens (including phenoxy) is 1. The maximum Gasteiger partial charge on any atom is 0.335 e. The van der Waals surface area contributed by atoms with E-state index in [0.29, 0.717) is 12.4 Å². The number of benzene rings is 1. The fraction of sp³-hybridized carbons (Fsp3) is 0.364. The summed E-state index contributed by atoms with van der Waals surface area (Å²) < 4.78 is 7.22. The minimum Gasteiger partial charge on any atom is -0.494 e. The molecule has 0 fully saturated rings. The molecule has 0 spiro atoms. The van der Waals surface area contributed by atoms with Crippen molar-refractivity contribution in [2.45, 2.75) is 6.92 Å². The lowest BCUT2D eigenvalue weighted by Gasteiger charge is -2.17. The van der Waals surface area contributed by atoms with Gasteiger partial charge in [-0.05, 0) is 19.1 Å².